The highest BCUT2D eigenvalue weighted by Gasteiger charge is 2.62. The van der Waals surface area contributed by atoms with E-state index in [0.717, 1.165) is 24.5 Å². The Balaban J connectivity index is 2.16. The standard InChI is InChI=1S/C21H19F5/c1-3-5-13-6-8-14(9-7-13)17-11-10-15-12-16(4-2)20(23,24)21(25,26)18(15)19(17)22/h6-12H,3-5H2,1-2H3. The number of allylic oxidation sites excluding steroid dienone is 1. The zero-order valence-corrected chi connectivity index (χ0v) is 14.6. The fourth-order valence-electron chi connectivity index (χ4n) is 3.35. The molecule has 138 valence electrons. The van der Waals surface area contributed by atoms with E-state index in [9.17, 15) is 22.0 Å². The molecule has 0 atom stereocenters. The first-order valence-electron chi connectivity index (χ1n) is 8.63. The van der Waals surface area contributed by atoms with Gasteiger partial charge >= 0.3 is 11.8 Å². The van der Waals surface area contributed by atoms with E-state index in [-0.39, 0.29) is 17.5 Å². The topological polar surface area (TPSA) is 0 Å². The molecule has 0 spiro atoms. The molecule has 2 aromatic rings. The van der Waals surface area contributed by atoms with Gasteiger partial charge < -0.3 is 0 Å². The van der Waals surface area contributed by atoms with Crippen molar-refractivity contribution in [2.24, 2.45) is 0 Å². The molecule has 0 bridgehead atoms. The average Bonchev–Trinajstić information content (AvgIpc) is 2.59. The highest BCUT2D eigenvalue weighted by atomic mass is 19.3. The molecule has 0 aliphatic heterocycles. The molecule has 0 N–H and O–H groups in total. The summed E-state index contributed by atoms with van der Waals surface area (Å²) < 4.78 is 72.3. The molecule has 0 aromatic heterocycles. The lowest BCUT2D eigenvalue weighted by Gasteiger charge is -2.34. The van der Waals surface area contributed by atoms with Gasteiger partial charge in [0.25, 0.3) is 0 Å². The minimum atomic E-state index is -4.59. The SMILES string of the molecule is CCCc1ccc(-c2ccc3c(c2F)C(F)(F)C(F)(F)C(CC)=C3)cc1. The predicted octanol–water partition coefficient (Wildman–Crippen LogP) is 6.98. The summed E-state index contributed by atoms with van der Waals surface area (Å²) in [6.07, 6.45) is 2.54. The maximum Gasteiger partial charge on any atom is 0.342 e. The third-order valence-electron chi connectivity index (χ3n) is 4.80. The van der Waals surface area contributed by atoms with E-state index in [1.807, 2.05) is 6.92 Å². The Kier molecular flexibility index (Phi) is 4.67. The molecule has 5 heteroatoms. The van der Waals surface area contributed by atoms with Gasteiger partial charge in [0.15, 0.2) is 0 Å². The highest BCUT2D eigenvalue weighted by Crippen LogP contribution is 2.54. The number of rotatable bonds is 4. The van der Waals surface area contributed by atoms with Crippen molar-refractivity contribution in [3.63, 3.8) is 0 Å². The Morgan fingerprint density at radius 2 is 1.50 bits per heavy atom. The number of hydrogen-bond acceptors (Lipinski definition) is 0. The second kappa shape index (κ2) is 6.53. The van der Waals surface area contributed by atoms with E-state index in [1.165, 1.54) is 19.1 Å². The van der Waals surface area contributed by atoms with E-state index in [4.69, 9.17) is 0 Å². The summed E-state index contributed by atoms with van der Waals surface area (Å²) in [4.78, 5) is 0. The van der Waals surface area contributed by atoms with Gasteiger partial charge in [0.1, 0.15) is 5.82 Å². The van der Waals surface area contributed by atoms with Crippen LogP contribution in [-0.2, 0) is 12.3 Å². The summed E-state index contributed by atoms with van der Waals surface area (Å²) >= 11 is 0. The van der Waals surface area contributed by atoms with Crippen LogP contribution in [0.5, 0.6) is 0 Å². The first-order chi connectivity index (χ1) is 12.2. The Morgan fingerprint density at radius 3 is 2.08 bits per heavy atom. The van der Waals surface area contributed by atoms with Gasteiger partial charge in [-0.2, -0.15) is 17.6 Å². The first kappa shape index (κ1) is 18.6. The fraction of sp³-hybridized carbons (Fsp3) is 0.333. The number of fused-ring (bicyclic) bond motifs is 1. The zero-order valence-electron chi connectivity index (χ0n) is 14.6. The van der Waals surface area contributed by atoms with E-state index in [1.54, 1.807) is 24.3 Å². The Hall–Kier alpha value is -2.17. The van der Waals surface area contributed by atoms with Crippen molar-refractivity contribution < 1.29 is 22.0 Å². The Bertz CT molecular complexity index is 847. The zero-order chi connectivity index (χ0) is 19.1. The number of benzene rings is 2. The molecule has 0 radical (unpaired) electrons. The van der Waals surface area contributed by atoms with Gasteiger partial charge in [0, 0.05) is 11.1 Å². The molecule has 2 aromatic carbocycles. The molecule has 0 unspecified atom stereocenters. The molecule has 0 fully saturated rings. The molecule has 3 rings (SSSR count). The maximum atomic E-state index is 14.9. The number of halogens is 5. The van der Waals surface area contributed by atoms with E-state index in [0.29, 0.717) is 5.56 Å². The second-order valence-corrected chi connectivity index (χ2v) is 6.51. The van der Waals surface area contributed by atoms with E-state index < -0.39 is 28.8 Å². The lowest BCUT2D eigenvalue weighted by molar-refractivity contribution is -0.196. The van der Waals surface area contributed by atoms with Crippen LogP contribution in [0.25, 0.3) is 17.2 Å². The monoisotopic (exact) mass is 366 g/mol. The molecule has 0 saturated carbocycles. The fourth-order valence-corrected chi connectivity index (χ4v) is 3.35. The normalized spacial score (nSPS) is 17.6. The molecule has 0 saturated heterocycles. The predicted molar refractivity (Wildman–Crippen MR) is 92.9 cm³/mol. The van der Waals surface area contributed by atoms with Gasteiger partial charge in [0.05, 0.1) is 5.56 Å². The Morgan fingerprint density at radius 1 is 0.846 bits per heavy atom. The van der Waals surface area contributed by atoms with Crippen LogP contribution in [0.3, 0.4) is 0 Å². The van der Waals surface area contributed by atoms with Crippen LogP contribution in [0.4, 0.5) is 22.0 Å². The van der Waals surface area contributed by atoms with Crippen LogP contribution < -0.4 is 0 Å². The molecule has 1 aliphatic carbocycles. The summed E-state index contributed by atoms with van der Waals surface area (Å²) in [6.45, 7) is 3.40. The first-order valence-corrected chi connectivity index (χ1v) is 8.63. The van der Waals surface area contributed by atoms with Crippen molar-refractivity contribution in [1.82, 2.24) is 0 Å². The van der Waals surface area contributed by atoms with Crippen LogP contribution in [0.1, 0.15) is 43.4 Å². The Labute approximate surface area is 149 Å². The number of hydrogen-bond donors (Lipinski definition) is 0. The van der Waals surface area contributed by atoms with Gasteiger partial charge in [-0.25, -0.2) is 4.39 Å². The molecule has 0 amide bonds. The molecule has 0 nitrogen and oxygen atoms in total. The lowest BCUT2D eigenvalue weighted by Crippen LogP contribution is -2.43. The summed E-state index contributed by atoms with van der Waals surface area (Å²) in [5.74, 6) is -10.3. The second-order valence-electron chi connectivity index (χ2n) is 6.51. The van der Waals surface area contributed by atoms with Crippen LogP contribution in [0.2, 0.25) is 0 Å². The minimum absolute atomic E-state index is 0.101. The van der Waals surface area contributed by atoms with Gasteiger partial charge in [-0.3, -0.25) is 0 Å². The van der Waals surface area contributed by atoms with Gasteiger partial charge in [-0.05, 0) is 35.6 Å². The minimum Gasteiger partial charge on any atom is -0.206 e. The summed E-state index contributed by atoms with van der Waals surface area (Å²) in [7, 11) is 0. The van der Waals surface area contributed by atoms with Crippen LogP contribution in [0, 0.1) is 5.82 Å². The van der Waals surface area contributed by atoms with E-state index in [2.05, 4.69) is 0 Å². The summed E-state index contributed by atoms with van der Waals surface area (Å²) in [5, 5.41) is 0. The van der Waals surface area contributed by atoms with Crippen LogP contribution in [-0.4, -0.2) is 5.92 Å². The molecular weight excluding hydrogens is 347 g/mol. The number of aryl methyl sites for hydroxylation is 1. The van der Waals surface area contributed by atoms with Crippen molar-refractivity contribution >= 4 is 6.08 Å². The summed E-state index contributed by atoms with van der Waals surface area (Å²) in [6, 6.07) is 9.49. The van der Waals surface area contributed by atoms with Gasteiger partial charge in [-0.15, -0.1) is 0 Å². The largest absolute Gasteiger partial charge is 0.342 e. The van der Waals surface area contributed by atoms with Crippen LogP contribution in [0.15, 0.2) is 42.0 Å². The number of alkyl halides is 4. The highest BCUT2D eigenvalue weighted by molar-refractivity contribution is 5.72. The van der Waals surface area contributed by atoms with E-state index >= 15 is 0 Å². The molecule has 0 heterocycles. The van der Waals surface area contributed by atoms with Crippen molar-refractivity contribution in [3.8, 4) is 11.1 Å². The van der Waals surface area contributed by atoms with Gasteiger partial charge in [-0.1, -0.05) is 56.7 Å². The summed E-state index contributed by atoms with van der Waals surface area (Å²) in [5.41, 5.74) is -0.783. The quantitative estimate of drug-likeness (QED) is 0.512. The maximum absolute atomic E-state index is 14.9. The molecule has 1 aliphatic rings. The third kappa shape index (κ3) is 2.74. The molecule has 26 heavy (non-hydrogen) atoms. The lowest BCUT2D eigenvalue weighted by atomic mass is 9.82. The average molecular weight is 366 g/mol. The van der Waals surface area contributed by atoms with Crippen molar-refractivity contribution in [1.29, 1.82) is 0 Å². The van der Waals surface area contributed by atoms with Crippen molar-refractivity contribution in [2.45, 2.75) is 45.0 Å². The van der Waals surface area contributed by atoms with Crippen molar-refractivity contribution in [2.75, 3.05) is 0 Å². The third-order valence-corrected chi connectivity index (χ3v) is 4.80. The van der Waals surface area contributed by atoms with Crippen LogP contribution >= 0.6 is 0 Å². The van der Waals surface area contributed by atoms with Crippen molar-refractivity contribution in [3.05, 3.63) is 64.5 Å². The smallest absolute Gasteiger partial charge is 0.206 e. The molecular formula is C21H19F5. The van der Waals surface area contributed by atoms with Gasteiger partial charge in [0.2, 0.25) is 0 Å².